The second-order valence-corrected chi connectivity index (χ2v) is 4.74. The van der Waals surface area contributed by atoms with Crippen LogP contribution in [0.5, 0.6) is 0 Å². The van der Waals surface area contributed by atoms with Gasteiger partial charge in [0.05, 0.1) is 18.3 Å². The number of rotatable bonds is 7. The Kier molecular flexibility index (Phi) is 5.91. The van der Waals surface area contributed by atoms with Crippen LogP contribution in [0.1, 0.15) is 5.56 Å². The van der Waals surface area contributed by atoms with E-state index < -0.39 is 6.10 Å². The second kappa shape index (κ2) is 8.17. The number of nitrogens with one attached hydrogen (secondary N) is 1. The number of thiocarbonyl (C=S) groups is 1. The van der Waals surface area contributed by atoms with Crippen molar-refractivity contribution in [1.82, 2.24) is 0 Å². The number of carbonyl (C=O) groups is 1. The van der Waals surface area contributed by atoms with Gasteiger partial charge in [0.2, 0.25) is 0 Å². The lowest BCUT2D eigenvalue weighted by atomic mass is 10.1. The van der Waals surface area contributed by atoms with Crippen molar-refractivity contribution in [3.8, 4) is 0 Å². The monoisotopic (exact) mass is 298 g/mol. The lowest BCUT2D eigenvalue weighted by Crippen LogP contribution is -2.27. The molecule has 0 amide bonds. The first-order valence-corrected chi connectivity index (χ1v) is 7.09. The molecule has 0 saturated carbocycles. The van der Waals surface area contributed by atoms with Gasteiger partial charge < -0.3 is 10.1 Å². The average Bonchev–Trinajstić information content (AvgIpc) is 2.53. The maximum absolute atomic E-state index is 11.9. The highest BCUT2D eigenvalue weighted by Crippen LogP contribution is 2.06. The summed E-state index contributed by atoms with van der Waals surface area (Å²) in [6, 6.07) is 19.1. The maximum Gasteiger partial charge on any atom is 0.310 e. The summed E-state index contributed by atoms with van der Waals surface area (Å²) in [4.78, 5) is 11.9. The van der Waals surface area contributed by atoms with E-state index in [2.05, 4.69) is 10.7 Å². The van der Waals surface area contributed by atoms with E-state index >= 15 is 0 Å². The smallest absolute Gasteiger partial charge is 0.310 e. The van der Waals surface area contributed by atoms with Crippen LogP contribution in [0.3, 0.4) is 0 Å². The lowest BCUT2D eigenvalue weighted by Gasteiger charge is -2.14. The molecule has 0 fully saturated rings. The van der Waals surface area contributed by atoms with Crippen molar-refractivity contribution in [1.29, 1.82) is 0 Å². The number of carbonyl (C=O) groups excluding carboxylic acids is 1. The predicted molar refractivity (Wildman–Crippen MR) is 87.6 cm³/mol. The molecule has 0 aliphatic heterocycles. The molecule has 0 saturated heterocycles. The molecule has 2 aromatic rings. The molecule has 107 valence electrons. The number of esters is 1. The summed E-state index contributed by atoms with van der Waals surface area (Å²) in [6.07, 6.45) is -0.309. The fraction of sp³-hybridized carbons (Fsp3) is 0.176. The van der Waals surface area contributed by atoms with Crippen molar-refractivity contribution in [3.63, 3.8) is 0 Å². The summed E-state index contributed by atoms with van der Waals surface area (Å²) in [5.41, 5.74) is 1.87. The zero-order chi connectivity index (χ0) is 14.9. The third kappa shape index (κ3) is 5.36. The molecule has 0 bridgehead atoms. The van der Waals surface area contributed by atoms with Crippen molar-refractivity contribution in [2.45, 2.75) is 12.5 Å². The molecule has 0 heterocycles. The van der Waals surface area contributed by atoms with Crippen molar-refractivity contribution < 1.29 is 9.53 Å². The van der Waals surface area contributed by atoms with Gasteiger partial charge in [0.1, 0.15) is 0 Å². The Balaban J connectivity index is 1.81. The minimum Gasteiger partial charge on any atom is -0.454 e. The van der Waals surface area contributed by atoms with E-state index in [1.807, 2.05) is 60.7 Å². The summed E-state index contributed by atoms with van der Waals surface area (Å²) in [6.45, 7) is 0.411. The topological polar surface area (TPSA) is 38.3 Å². The molecule has 0 aromatic heterocycles. The minimum absolute atomic E-state index is 0.236. The van der Waals surface area contributed by atoms with Crippen molar-refractivity contribution in [2.75, 3.05) is 11.9 Å². The molecule has 1 radical (unpaired) electrons. The van der Waals surface area contributed by atoms with Gasteiger partial charge in [0.25, 0.3) is 0 Å². The molecule has 4 heteroatoms. The molecule has 1 unspecified atom stereocenters. The molecule has 3 nitrogen and oxygen atoms in total. The van der Waals surface area contributed by atoms with Gasteiger partial charge in [-0.15, -0.1) is 0 Å². The molecule has 0 aliphatic rings. The van der Waals surface area contributed by atoms with E-state index in [-0.39, 0.29) is 12.4 Å². The number of anilines is 1. The highest BCUT2D eigenvalue weighted by Gasteiger charge is 2.12. The Hall–Kier alpha value is -2.20. The molecule has 1 N–H and O–H groups in total. The van der Waals surface area contributed by atoms with Crippen molar-refractivity contribution in [2.24, 2.45) is 0 Å². The summed E-state index contributed by atoms with van der Waals surface area (Å²) >= 11 is 4.80. The van der Waals surface area contributed by atoms with Crippen molar-refractivity contribution in [3.05, 3.63) is 66.2 Å². The Bertz CT molecular complexity index is 572. The van der Waals surface area contributed by atoms with Gasteiger partial charge in [-0.1, -0.05) is 60.7 Å². The number of benzene rings is 2. The Morgan fingerprint density at radius 1 is 1.10 bits per heavy atom. The molecule has 2 rings (SSSR count). The SMILES string of the molecule is O=C(Cc1ccccc1)OC([C]=S)CNc1ccccc1. The van der Waals surface area contributed by atoms with Gasteiger partial charge in [-0.05, 0) is 17.7 Å². The zero-order valence-corrected chi connectivity index (χ0v) is 12.3. The van der Waals surface area contributed by atoms with Crippen LogP contribution in [-0.4, -0.2) is 24.0 Å². The van der Waals surface area contributed by atoms with Crippen LogP contribution in [-0.2, 0) is 16.0 Å². The summed E-state index contributed by atoms with van der Waals surface area (Å²) in [5.74, 6) is -0.307. The Morgan fingerprint density at radius 3 is 2.33 bits per heavy atom. The van der Waals surface area contributed by atoms with E-state index in [4.69, 9.17) is 17.0 Å². The van der Waals surface area contributed by atoms with Gasteiger partial charge in [-0.25, -0.2) is 0 Å². The van der Waals surface area contributed by atoms with Crippen LogP contribution in [0.15, 0.2) is 60.7 Å². The van der Waals surface area contributed by atoms with E-state index in [9.17, 15) is 4.79 Å². The van der Waals surface area contributed by atoms with Crippen LogP contribution >= 0.6 is 12.2 Å². The van der Waals surface area contributed by atoms with Gasteiger partial charge in [-0.3, -0.25) is 4.79 Å². The number of hydrogen-bond donors (Lipinski definition) is 1. The second-order valence-electron chi connectivity index (χ2n) is 4.51. The van der Waals surface area contributed by atoms with Crippen molar-refractivity contribution >= 4 is 29.2 Å². The van der Waals surface area contributed by atoms with E-state index in [1.165, 1.54) is 0 Å². The van der Waals surface area contributed by atoms with Gasteiger partial charge in [0, 0.05) is 5.69 Å². The van der Waals surface area contributed by atoms with E-state index in [0.717, 1.165) is 11.3 Å². The lowest BCUT2D eigenvalue weighted by molar-refractivity contribution is -0.144. The molecule has 2 aromatic carbocycles. The largest absolute Gasteiger partial charge is 0.454 e. The predicted octanol–water partition coefficient (Wildman–Crippen LogP) is 3.13. The first kappa shape index (κ1) is 15.2. The summed E-state index contributed by atoms with van der Waals surface area (Å²) in [5, 5.41) is 5.73. The highest BCUT2D eigenvalue weighted by atomic mass is 32.1. The minimum atomic E-state index is -0.545. The molecular weight excluding hydrogens is 282 g/mol. The van der Waals surface area contributed by atoms with Crippen LogP contribution < -0.4 is 5.32 Å². The van der Waals surface area contributed by atoms with Gasteiger partial charge in [0.15, 0.2) is 6.10 Å². The standard InChI is InChI=1S/C17H16NO2S/c19-17(11-14-7-3-1-4-8-14)20-16(13-21)12-18-15-9-5-2-6-10-15/h1-10,16,18H,11-12H2. The molecule has 21 heavy (non-hydrogen) atoms. The third-order valence-corrected chi connectivity index (χ3v) is 3.12. The molecule has 1 atom stereocenters. The quantitative estimate of drug-likeness (QED) is 0.629. The van der Waals surface area contributed by atoms with Crippen LogP contribution in [0.25, 0.3) is 0 Å². The van der Waals surface area contributed by atoms with Gasteiger partial charge >= 0.3 is 5.97 Å². The first-order chi connectivity index (χ1) is 10.3. The highest BCUT2D eigenvalue weighted by molar-refractivity contribution is 7.79. The molecular formula is C17H16NO2S. The zero-order valence-electron chi connectivity index (χ0n) is 11.5. The van der Waals surface area contributed by atoms with E-state index in [1.54, 1.807) is 0 Å². The van der Waals surface area contributed by atoms with E-state index in [0.29, 0.717) is 6.54 Å². The third-order valence-electron chi connectivity index (χ3n) is 2.86. The Morgan fingerprint density at radius 2 is 1.71 bits per heavy atom. The number of para-hydroxylation sites is 1. The van der Waals surface area contributed by atoms with Crippen LogP contribution in [0.2, 0.25) is 0 Å². The van der Waals surface area contributed by atoms with Crippen LogP contribution in [0, 0.1) is 0 Å². The fourth-order valence-electron chi connectivity index (χ4n) is 1.84. The number of hydrogen-bond acceptors (Lipinski definition) is 4. The summed E-state index contributed by atoms with van der Waals surface area (Å²) in [7, 11) is 0. The maximum atomic E-state index is 11.9. The molecule has 0 aliphatic carbocycles. The normalized spacial score (nSPS) is 11.4. The average molecular weight is 298 g/mol. The number of ether oxygens (including phenoxy) is 1. The fourth-order valence-corrected chi connectivity index (χ4v) is 1.97. The van der Waals surface area contributed by atoms with Gasteiger partial charge in [-0.2, -0.15) is 0 Å². The van der Waals surface area contributed by atoms with Crippen LogP contribution in [0.4, 0.5) is 5.69 Å². The molecule has 0 spiro atoms. The first-order valence-electron chi connectivity index (χ1n) is 6.68. The Labute approximate surface area is 129 Å². The summed E-state index contributed by atoms with van der Waals surface area (Å²) < 4.78 is 5.31.